The summed E-state index contributed by atoms with van der Waals surface area (Å²) < 4.78 is 5.12. The van der Waals surface area contributed by atoms with Crippen molar-refractivity contribution in [3.8, 4) is 0 Å². The zero-order chi connectivity index (χ0) is 7.40. The number of esters is 1. The Morgan fingerprint density at radius 2 is 2.40 bits per heavy atom. The van der Waals surface area contributed by atoms with Gasteiger partial charge in [0.2, 0.25) is 0 Å². The zero-order valence-electron chi connectivity index (χ0n) is 6.43. The van der Waals surface area contributed by atoms with E-state index in [0.717, 1.165) is 25.7 Å². The van der Waals surface area contributed by atoms with E-state index in [1.807, 2.05) is 0 Å². The van der Waals surface area contributed by atoms with Crippen LogP contribution >= 0.6 is 0 Å². The number of hydrogen-bond acceptors (Lipinski definition) is 2. The van der Waals surface area contributed by atoms with E-state index in [-0.39, 0.29) is 12.1 Å². The largest absolute Gasteiger partial charge is 0.462 e. The lowest BCUT2D eigenvalue weighted by atomic mass is 10.1. The Hall–Kier alpha value is -0.530. The highest BCUT2D eigenvalue weighted by molar-refractivity contribution is 5.69. The molecule has 0 bridgehead atoms. The molecule has 1 rings (SSSR count). The summed E-state index contributed by atoms with van der Waals surface area (Å²) in [6.07, 6.45) is 5.00. The summed E-state index contributed by atoms with van der Waals surface area (Å²) in [6.45, 7) is 2.06. The van der Waals surface area contributed by atoms with Crippen molar-refractivity contribution >= 4 is 5.97 Å². The first kappa shape index (κ1) is 7.58. The molecule has 1 saturated heterocycles. The minimum absolute atomic E-state index is 0.00986. The molecule has 1 atom stereocenters. The lowest BCUT2D eigenvalue weighted by Gasteiger charge is -2.10. The second-order valence-corrected chi connectivity index (χ2v) is 2.77. The molecular weight excluding hydrogens is 128 g/mol. The molecule has 0 radical (unpaired) electrons. The molecule has 2 nitrogen and oxygen atoms in total. The molecule has 58 valence electrons. The van der Waals surface area contributed by atoms with Crippen molar-refractivity contribution in [1.82, 2.24) is 0 Å². The summed E-state index contributed by atoms with van der Waals surface area (Å²) in [6, 6.07) is 0. The zero-order valence-corrected chi connectivity index (χ0v) is 6.43. The fraction of sp³-hybridized carbons (Fsp3) is 0.875. The third-order valence-corrected chi connectivity index (χ3v) is 1.91. The van der Waals surface area contributed by atoms with Crippen LogP contribution in [0.1, 0.15) is 39.0 Å². The van der Waals surface area contributed by atoms with Gasteiger partial charge in [-0.15, -0.1) is 0 Å². The molecule has 0 aromatic carbocycles. The second-order valence-electron chi connectivity index (χ2n) is 2.77. The van der Waals surface area contributed by atoms with E-state index < -0.39 is 0 Å². The fourth-order valence-corrected chi connectivity index (χ4v) is 1.23. The molecule has 2 heteroatoms. The Balaban J connectivity index is 2.38. The van der Waals surface area contributed by atoms with Crippen molar-refractivity contribution in [2.75, 3.05) is 0 Å². The molecule has 0 aliphatic carbocycles. The van der Waals surface area contributed by atoms with Crippen molar-refractivity contribution in [3.05, 3.63) is 0 Å². The number of hydrogen-bond donors (Lipinski definition) is 0. The van der Waals surface area contributed by atoms with Crippen LogP contribution in [-0.4, -0.2) is 12.1 Å². The molecule has 1 unspecified atom stereocenters. The van der Waals surface area contributed by atoms with Crippen LogP contribution < -0.4 is 0 Å². The normalized spacial score (nSPS) is 27.3. The first-order valence-corrected chi connectivity index (χ1v) is 4.02. The van der Waals surface area contributed by atoms with E-state index in [4.69, 9.17) is 4.74 Å². The highest BCUT2D eigenvalue weighted by Crippen LogP contribution is 2.15. The molecular formula is C8H14O2. The van der Waals surface area contributed by atoms with E-state index >= 15 is 0 Å². The van der Waals surface area contributed by atoms with E-state index in [0.29, 0.717) is 6.42 Å². The van der Waals surface area contributed by atoms with E-state index in [1.54, 1.807) is 0 Å². The molecule has 0 amide bonds. The molecule has 1 aliphatic heterocycles. The van der Waals surface area contributed by atoms with Gasteiger partial charge in [-0.05, 0) is 25.7 Å². The number of ether oxygens (including phenoxy) is 1. The van der Waals surface area contributed by atoms with Crippen LogP contribution in [0.5, 0.6) is 0 Å². The molecule has 1 heterocycles. The van der Waals surface area contributed by atoms with Gasteiger partial charge in [-0.25, -0.2) is 0 Å². The highest BCUT2D eigenvalue weighted by atomic mass is 16.5. The maximum absolute atomic E-state index is 10.8. The summed E-state index contributed by atoms with van der Waals surface area (Å²) in [7, 11) is 0. The number of cyclic esters (lactones) is 1. The molecule has 1 aliphatic rings. The van der Waals surface area contributed by atoms with E-state index in [9.17, 15) is 4.79 Å². The molecule has 0 saturated carbocycles. The summed E-state index contributed by atoms with van der Waals surface area (Å²) in [5.41, 5.74) is 0. The average molecular weight is 142 g/mol. The standard InChI is InChI=1S/C8H14O2/c1-2-7-5-3-4-6-8(9)10-7/h7H,2-6H2,1H3. The molecule has 10 heavy (non-hydrogen) atoms. The Kier molecular flexibility index (Phi) is 2.72. The maximum atomic E-state index is 10.8. The van der Waals surface area contributed by atoms with Crippen LogP contribution in [0.4, 0.5) is 0 Å². The van der Waals surface area contributed by atoms with Crippen LogP contribution in [0.25, 0.3) is 0 Å². The summed E-state index contributed by atoms with van der Waals surface area (Å²) in [5.74, 6) is -0.00986. The number of carbonyl (C=O) groups is 1. The quantitative estimate of drug-likeness (QED) is 0.522. The lowest BCUT2D eigenvalue weighted by molar-refractivity contribution is -0.148. The van der Waals surface area contributed by atoms with Gasteiger partial charge in [0.1, 0.15) is 6.10 Å². The Bertz CT molecular complexity index is 120. The third-order valence-electron chi connectivity index (χ3n) is 1.91. The van der Waals surface area contributed by atoms with Gasteiger partial charge in [-0.1, -0.05) is 6.92 Å². The first-order chi connectivity index (χ1) is 4.83. The predicted molar refractivity (Wildman–Crippen MR) is 38.6 cm³/mol. The van der Waals surface area contributed by atoms with Gasteiger partial charge in [0.25, 0.3) is 0 Å². The Morgan fingerprint density at radius 1 is 1.60 bits per heavy atom. The van der Waals surface area contributed by atoms with Crippen molar-refractivity contribution in [2.45, 2.75) is 45.1 Å². The Morgan fingerprint density at radius 3 is 3.10 bits per heavy atom. The lowest BCUT2D eigenvalue weighted by Crippen LogP contribution is -2.13. The summed E-state index contributed by atoms with van der Waals surface area (Å²) in [5, 5.41) is 0. The van der Waals surface area contributed by atoms with Crippen LogP contribution in [0.2, 0.25) is 0 Å². The minimum atomic E-state index is -0.00986. The van der Waals surface area contributed by atoms with Crippen LogP contribution in [0, 0.1) is 0 Å². The SMILES string of the molecule is CCC1CCCCC(=O)O1. The van der Waals surface area contributed by atoms with Gasteiger partial charge >= 0.3 is 5.97 Å². The molecule has 0 N–H and O–H groups in total. The van der Waals surface area contributed by atoms with Gasteiger partial charge in [0, 0.05) is 6.42 Å². The van der Waals surface area contributed by atoms with Gasteiger partial charge in [-0.3, -0.25) is 4.79 Å². The smallest absolute Gasteiger partial charge is 0.306 e. The van der Waals surface area contributed by atoms with Crippen LogP contribution in [-0.2, 0) is 9.53 Å². The predicted octanol–water partition coefficient (Wildman–Crippen LogP) is 1.88. The molecule has 0 aromatic heterocycles. The van der Waals surface area contributed by atoms with Crippen molar-refractivity contribution in [3.63, 3.8) is 0 Å². The molecule has 1 fully saturated rings. The van der Waals surface area contributed by atoms with Gasteiger partial charge in [-0.2, -0.15) is 0 Å². The number of carbonyl (C=O) groups excluding carboxylic acids is 1. The molecule has 0 spiro atoms. The Labute approximate surface area is 61.6 Å². The van der Waals surface area contributed by atoms with E-state index in [1.165, 1.54) is 0 Å². The highest BCUT2D eigenvalue weighted by Gasteiger charge is 2.15. The maximum Gasteiger partial charge on any atom is 0.306 e. The second kappa shape index (κ2) is 3.59. The number of rotatable bonds is 1. The van der Waals surface area contributed by atoms with Gasteiger partial charge in [0.05, 0.1) is 0 Å². The monoisotopic (exact) mass is 142 g/mol. The molecule has 0 aromatic rings. The average Bonchev–Trinajstić information content (AvgIpc) is 2.13. The van der Waals surface area contributed by atoms with Crippen LogP contribution in [0.15, 0.2) is 0 Å². The van der Waals surface area contributed by atoms with Crippen molar-refractivity contribution < 1.29 is 9.53 Å². The van der Waals surface area contributed by atoms with Crippen molar-refractivity contribution in [1.29, 1.82) is 0 Å². The fourth-order valence-electron chi connectivity index (χ4n) is 1.23. The summed E-state index contributed by atoms with van der Waals surface area (Å²) >= 11 is 0. The minimum Gasteiger partial charge on any atom is -0.462 e. The summed E-state index contributed by atoms with van der Waals surface area (Å²) in [4.78, 5) is 10.8. The van der Waals surface area contributed by atoms with Gasteiger partial charge < -0.3 is 4.74 Å². The van der Waals surface area contributed by atoms with Gasteiger partial charge in [0.15, 0.2) is 0 Å². The first-order valence-electron chi connectivity index (χ1n) is 4.02. The van der Waals surface area contributed by atoms with E-state index in [2.05, 4.69) is 6.92 Å². The van der Waals surface area contributed by atoms with Crippen LogP contribution in [0.3, 0.4) is 0 Å². The van der Waals surface area contributed by atoms with Crippen molar-refractivity contribution in [2.24, 2.45) is 0 Å². The topological polar surface area (TPSA) is 26.3 Å². The third kappa shape index (κ3) is 2.01.